The Morgan fingerprint density at radius 1 is 1.29 bits per heavy atom. The summed E-state index contributed by atoms with van der Waals surface area (Å²) < 4.78 is 0. The van der Waals surface area contributed by atoms with Gasteiger partial charge in [0.2, 0.25) is 5.91 Å². The lowest BCUT2D eigenvalue weighted by Crippen LogP contribution is -2.54. The number of rotatable bonds is 6. The molecule has 0 aromatic heterocycles. The molecule has 4 heteroatoms. The van der Waals surface area contributed by atoms with Gasteiger partial charge in [-0.3, -0.25) is 4.79 Å². The predicted octanol–water partition coefficient (Wildman–Crippen LogP) is 1.42. The molecule has 0 aliphatic heterocycles. The van der Waals surface area contributed by atoms with Crippen LogP contribution in [0.15, 0.2) is 0 Å². The molecule has 102 valence electrons. The van der Waals surface area contributed by atoms with Crippen LogP contribution in [0.25, 0.3) is 0 Å². The van der Waals surface area contributed by atoms with Crippen molar-refractivity contribution < 1.29 is 9.90 Å². The van der Waals surface area contributed by atoms with Gasteiger partial charge in [-0.15, -0.1) is 0 Å². The number of aliphatic hydroxyl groups is 1. The fourth-order valence-corrected chi connectivity index (χ4v) is 1.74. The second kappa shape index (κ2) is 6.36. The zero-order valence-electron chi connectivity index (χ0n) is 11.8. The molecule has 0 saturated heterocycles. The van der Waals surface area contributed by atoms with E-state index in [0.717, 1.165) is 0 Å². The average Bonchev–Trinajstić information content (AvgIpc) is 2.22. The highest BCUT2D eigenvalue weighted by molar-refractivity contribution is 5.85. The normalized spacial score (nSPS) is 14.5. The number of nitrogens with two attached hydrogens (primary N) is 1. The van der Waals surface area contributed by atoms with Gasteiger partial charge in [-0.25, -0.2) is 0 Å². The summed E-state index contributed by atoms with van der Waals surface area (Å²) in [6, 6.07) is 0. The Morgan fingerprint density at radius 2 is 1.76 bits per heavy atom. The van der Waals surface area contributed by atoms with E-state index in [1.807, 2.05) is 13.8 Å². The van der Waals surface area contributed by atoms with Crippen LogP contribution in [0.5, 0.6) is 0 Å². The van der Waals surface area contributed by atoms with Crippen LogP contribution in [0.2, 0.25) is 0 Å². The molecule has 0 heterocycles. The Kier molecular flexibility index (Phi) is 6.13. The lowest BCUT2D eigenvalue weighted by atomic mass is 9.89. The van der Waals surface area contributed by atoms with E-state index in [4.69, 9.17) is 5.73 Å². The SMILES string of the molecule is CCC(N)(CC)C(=O)NCC(O)CC(C)(C)C. The van der Waals surface area contributed by atoms with Crippen molar-refractivity contribution in [1.82, 2.24) is 5.32 Å². The molecule has 0 aliphatic carbocycles. The molecule has 0 aromatic rings. The third-order valence-electron chi connectivity index (χ3n) is 3.06. The number of carbonyl (C=O) groups is 1. The predicted molar refractivity (Wildman–Crippen MR) is 70.6 cm³/mol. The Bertz CT molecular complexity index is 242. The fraction of sp³-hybridized carbons (Fsp3) is 0.923. The molecule has 0 saturated carbocycles. The molecule has 17 heavy (non-hydrogen) atoms. The summed E-state index contributed by atoms with van der Waals surface area (Å²) in [6.45, 7) is 10.2. The highest BCUT2D eigenvalue weighted by Gasteiger charge is 2.30. The van der Waals surface area contributed by atoms with E-state index in [1.165, 1.54) is 0 Å². The first-order valence-electron chi connectivity index (χ1n) is 6.40. The lowest BCUT2D eigenvalue weighted by Gasteiger charge is -2.27. The molecule has 0 fully saturated rings. The zero-order valence-corrected chi connectivity index (χ0v) is 11.8. The van der Waals surface area contributed by atoms with Gasteiger partial charge in [0.05, 0.1) is 11.6 Å². The molecule has 1 unspecified atom stereocenters. The van der Waals surface area contributed by atoms with Crippen LogP contribution in [0.4, 0.5) is 0 Å². The van der Waals surface area contributed by atoms with E-state index in [0.29, 0.717) is 19.3 Å². The van der Waals surface area contributed by atoms with Gasteiger partial charge in [0.25, 0.3) is 0 Å². The summed E-state index contributed by atoms with van der Waals surface area (Å²) in [5, 5.41) is 12.5. The molecule has 1 atom stereocenters. The van der Waals surface area contributed by atoms with Crippen LogP contribution < -0.4 is 11.1 Å². The molecule has 0 aliphatic rings. The van der Waals surface area contributed by atoms with Crippen molar-refractivity contribution >= 4 is 5.91 Å². The van der Waals surface area contributed by atoms with Crippen molar-refractivity contribution in [3.8, 4) is 0 Å². The smallest absolute Gasteiger partial charge is 0.240 e. The van der Waals surface area contributed by atoms with Gasteiger partial charge < -0.3 is 16.2 Å². The van der Waals surface area contributed by atoms with Crippen molar-refractivity contribution in [2.75, 3.05) is 6.54 Å². The van der Waals surface area contributed by atoms with E-state index in [-0.39, 0.29) is 17.9 Å². The number of carbonyl (C=O) groups excluding carboxylic acids is 1. The first-order chi connectivity index (χ1) is 7.64. The number of nitrogens with one attached hydrogen (secondary N) is 1. The van der Waals surface area contributed by atoms with Crippen molar-refractivity contribution in [2.24, 2.45) is 11.1 Å². The van der Waals surface area contributed by atoms with Gasteiger partial charge in [-0.05, 0) is 24.7 Å². The number of hydrogen-bond donors (Lipinski definition) is 3. The summed E-state index contributed by atoms with van der Waals surface area (Å²) in [6.07, 6.45) is 1.34. The van der Waals surface area contributed by atoms with Crippen molar-refractivity contribution in [1.29, 1.82) is 0 Å². The zero-order chi connectivity index (χ0) is 13.7. The summed E-state index contributed by atoms with van der Waals surface area (Å²) in [4.78, 5) is 11.8. The molecule has 0 radical (unpaired) electrons. The van der Waals surface area contributed by atoms with Crippen molar-refractivity contribution in [3.63, 3.8) is 0 Å². The summed E-state index contributed by atoms with van der Waals surface area (Å²) in [7, 11) is 0. The maximum Gasteiger partial charge on any atom is 0.240 e. The van der Waals surface area contributed by atoms with Crippen LogP contribution in [0.3, 0.4) is 0 Å². The Hall–Kier alpha value is -0.610. The minimum atomic E-state index is -0.804. The van der Waals surface area contributed by atoms with Gasteiger partial charge in [0.15, 0.2) is 0 Å². The number of amides is 1. The molecule has 0 spiro atoms. The van der Waals surface area contributed by atoms with Gasteiger partial charge in [-0.1, -0.05) is 34.6 Å². The van der Waals surface area contributed by atoms with Crippen molar-refractivity contribution in [2.45, 2.75) is 65.5 Å². The van der Waals surface area contributed by atoms with Gasteiger partial charge >= 0.3 is 0 Å². The molecule has 1 amide bonds. The maximum absolute atomic E-state index is 11.8. The molecule has 0 rings (SSSR count). The van der Waals surface area contributed by atoms with Gasteiger partial charge in [-0.2, -0.15) is 0 Å². The summed E-state index contributed by atoms with van der Waals surface area (Å²) in [5.41, 5.74) is 5.21. The third kappa shape index (κ3) is 6.03. The minimum absolute atomic E-state index is 0.0550. The van der Waals surface area contributed by atoms with Crippen LogP contribution in [0.1, 0.15) is 53.9 Å². The monoisotopic (exact) mass is 244 g/mol. The third-order valence-corrected chi connectivity index (χ3v) is 3.06. The van der Waals surface area contributed by atoms with E-state index < -0.39 is 11.6 Å². The first kappa shape index (κ1) is 16.4. The second-order valence-electron chi connectivity index (χ2n) is 5.99. The van der Waals surface area contributed by atoms with Gasteiger partial charge in [0.1, 0.15) is 0 Å². The Balaban J connectivity index is 4.16. The Labute approximate surface area is 105 Å². The highest BCUT2D eigenvalue weighted by atomic mass is 16.3. The van der Waals surface area contributed by atoms with Crippen molar-refractivity contribution in [3.05, 3.63) is 0 Å². The maximum atomic E-state index is 11.8. The average molecular weight is 244 g/mol. The second-order valence-corrected chi connectivity index (χ2v) is 5.99. The molecule has 0 aromatic carbocycles. The van der Waals surface area contributed by atoms with E-state index >= 15 is 0 Å². The van der Waals surface area contributed by atoms with E-state index in [9.17, 15) is 9.90 Å². The van der Waals surface area contributed by atoms with E-state index in [1.54, 1.807) is 0 Å². The standard InChI is InChI=1S/C13H28N2O2/c1-6-13(14,7-2)11(17)15-9-10(16)8-12(3,4)5/h10,16H,6-9,14H2,1-5H3,(H,15,17). The molecular formula is C13H28N2O2. The van der Waals surface area contributed by atoms with Crippen LogP contribution in [-0.4, -0.2) is 29.2 Å². The highest BCUT2D eigenvalue weighted by Crippen LogP contribution is 2.20. The number of hydrogen-bond acceptors (Lipinski definition) is 3. The van der Waals surface area contributed by atoms with Crippen LogP contribution in [0, 0.1) is 5.41 Å². The van der Waals surface area contributed by atoms with Gasteiger partial charge in [0, 0.05) is 6.54 Å². The topological polar surface area (TPSA) is 75.4 Å². The largest absolute Gasteiger partial charge is 0.391 e. The molecule has 0 bridgehead atoms. The lowest BCUT2D eigenvalue weighted by molar-refractivity contribution is -0.127. The Morgan fingerprint density at radius 3 is 2.12 bits per heavy atom. The van der Waals surface area contributed by atoms with E-state index in [2.05, 4.69) is 26.1 Å². The quantitative estimate of drug-likeness (QED) is 0.661. The summed E-state index contributed by atoms with van der Waals surface area (Å²) >= 11 is 0. The molecule has 4 nitrogen and oxygen atoms in total. The van der Waals surface area contributed by atoms with Crippen LogP contribution in [-0.2, 0) is 4.79 Å². The fourth-order valence-electron chi connectivity index (χ4n) is 1.74. The molecule has 4 N–H and O–H groups in total. The summed E-state index contributed by atoms with van der Waals surface area (Å²) in [5.74, 6) is -0.171. The van der Waals surface area contributed by atoms with Crippen LogP contribution >= 0.6 is 0 Å². The molecular weight excluding hydrogens is 216 g/mol. The minimum Gasteiger partial charge on any atom is -0.391 e. The first-order valence-corrected chi connectivity index (χ1v) is 6.40. The number of aliphatic hydroxyl groups excluding tert-OH is 1.